The molecule has 9 nitrogen and oxygen atoms in total. The second kappa shape index (κ2) is 10.5. The Labute approximate surface area is 199 Å². The molecule has 4 fully saturated rings. The fraction of sp³-hybridized carbons (Fsp3) is 0.957. The van der Waals surface area contributed by atoms with Crippen molar-refractivity contribution < 1.29 is 22.7 Å². The first-order valence-corrected chi connectivity index (χ1v) is 14.4. The molecule has 0 aromatic carbocycles. The van der Waals surface area contributed by atoms with Crippen LogP contribution >= 0.6 is 0 Å². The zero-order valence-corrected chi connectivity index (χ0v) is 21.4. The molecule has 0 amide bonds. The molecule has 3 unspecified atom stereocenters. The first-order valence-electron chi connectivity index (χ1n) is 12.5. The number of fused-ring (bicyclic) bond motifs is 2. The van der Waals surface area contributed by atoms with Gasteiger partial charge in [-0.1, -0.05) is 5.16 Å². The number of nitrogens with one attached hydrogen (secondary N) is 1. The summed E-state index contributed by atoms with van der Waals surface area (Å²) in [4.78, 5) is 10.6. The van der Waals surface area contributed by atoms with Crippen LogP contribution in [0, 0.1) is 0 Å². The Morgan fingerprint density at radius 2 is 1.88 bits per heavy atom. The molecule has 4 rings (SSSR count). The molecule has 33 heavy (non-hydrogen) atoms. The van der Waals surface area contributed by atoms with E-state index in [4.69, 9.17) is 14.3 Å². The average molecular weight is 487 g/mol. The Morgan fingerprint density at radius 1 is 1.12 bits per heavy atom. The van der Waals surface area contributed by atoms with Crippen LogP contribution < -0.4 is 4.72 Å². The molecular weight excluding hydrogens is 444 g/mol. The van der Waals surface area contributed by atoms with E-state index in [0.717, 1.165) is 70.6 Å². The van der Waals surface area contributed by atoms with Crippen LogP contribution in [-0.2, 0) is 24.3 Å². The third-order valence-corrected chi connectivity index (χ3v) is 8.37. The summed E-state index contributed by atoms with van der Waals surface area (Å²) >= 11 is 0. The van der Waals surface area contributed by atoms with Crippen molar-refractivity contribution in [1.82, 2.24) is 14.5 Å². The van der Waals surface area contributed by atoms with Crippen molar-refractivity contribution in [3.05, 3.63) is 0 Å². The monoisotopic (exact) mass is 486 g/mol. The highest BCUT2D eigenvalue weighted by Crippen LogP contribution is 2.40. The Balaban J connectivity index is 1.15. The van der Waals surface area contributed by atoms with Gasteiger partial charge in [0.2, 0.25) is 10.0 Å². The SMILES string of the molecule is CC(C)OCC12CCCN1C/C(=N\OCCCOCC13CCCN1CC(NS(C)(=O)=O)C3)C2. The summed E-state index contributed by atoms with van der Waals surface area (Å²) in [6, 6.07) is -0.0149. The second-order valence-electron chi connectivity index (χ2n) is 10.7. The molecule has 0 radical (unpaired) electrons. The quantitative estimate of drug-likeness (QED) is 0.331. The number of oxime groups is 1. The fourth-order valence-electron chi connectivity index (χ4n) is 6.22. The third-order valence-electron chi connectivity index (χ3n) is 7.61. The van der Waals surface area contributed by atoms with Crippen LogP contribution in [0.4, 0.5) is 0 Å². The lowest BCUT2D eigenvalue weighted by atomic mass is 9.94. The lowest BCUT2D eigenvalue weighted by Gasteiger charge is -2.31. The minimum atomic E-state index is -3.18. The number of rotatable bonds is 12. The minimum absolute atomic E-state index is 0.0149. The van der Waals surface area contributed by atoms with Crippen LogP contribution in [0.15, 0.2) is 5.16 Å². The Kier molecular flexibility index (Phi) is 8.02. The van der Waals surface area contributed by atoms with Gasteiger partial charge < -0.3 is 14.3 Å². The van der Waals surface area contributed by atoms with Gasteiger partial charge in [-0.15, -0.1) is 0 Å². The van der Waals surface area contributed by atoms with Crippen LogP contribution in [0.2, 0.25) is 0 Å². The molecule has 10 heteroatoms. The van der Waals surface area contributed by atoms with E-state index in [9.17, 15) is 8.42 Å². The molecular formula is C23H42N4O5S. The maximum atomic E-state index is 11.6. The normalized spacial score (nSPS) is 33.9. The summed E-state index contributed by atoms with van der Waals surface area (Å²) < 4.78 is 38.0. The summed E-state index contributed by atoms with van der Waals surface area (Å²) in [6.07, 6.45) is 8.67. The van der Waals surface area contributed by atoms with Gasteiger partial charge in [-0.05, 0) is 59.0 Å². The van der Waals surface area contributed by atoms with Crippen molar-refractivity contribution in [1.29, 1.82) is 0 Å². The van der Waals surface area contributed by atoms with Gasteiger partial charge in [-0.2, -0.15) is 0 Å². The molecule has 3 atom stereocenters. The van der Waals surface area contributed by atoms with Gasteiger partial charge >= 0.3 is 0 Å². The van der Waals surface area contributed by atoms with Gasteiger partial charge in [0.05, 0.1) is 36.8 Å². The van der Waals surface area contributed by atoms with E-state index in [1.165, 1.54) is 19.1 Å². The molecule has 0 aromatic rings. The number of sulfonamides is 1. The summed E-state index contributed by atoms with van der Waals surface area (Å²) in [6.45, 7) is 10.6. The molecule has 1 N–H and O–H groups in total. The van der Waals surface area contributed by atoms with E-state index < -0.39 is 10.0 Å². The maximum Gasteiger partial charge on any atom is 0.208 e. The maximum absolute atomic E-state index is 11.6. The molecule has 0 bridgehead atoms. The second-order valence-corrected chi connectivity index (χ2v) is 12.5. The Morgan fingerprint density at radius 3 is 2.64 bits per heavy atom. The highest BCUT2D eigenvalue weighted by Gasteiger charge is 2.49. The van der Waals surface area contributed by atoms with Crippen molar-refractivity contribution in [2.75, 3.05) is 58.9 Å². The van der Waals surface area contributed by atoms with Gasteiger partial charge in [0, 0.05) is 44.1 Å². The van der Waals surface area contributed by atoms with E-state index in [1.54, 1.807) is 0 Å². The summed E-state index contributed by atoms with van der Waals surface area (Å²) in [7, 11) is -3.18. The third kappa shape index (κ3) is 6.27. The van der Waals surface area contributed by atoms with Gasteiger partial charge in [-0.3, -0.25) is 9.80 Å². The van der Waals surface area contributed by atoms with Crippen molar-refractivity contribution >= 4 is 15.7 Å². The van der Waals surface area contributed by atoms with Gasteiger partial charge in [0.1, 0.15) is 6.61 Å². The summed E-state index contributed by atoms with van der Waals surface area (Å²) in [5.74, 6) is 0. The van der Waals surface area contributed by atoms with Crippen LogP contribution in [-0.4, -0.2) is 106 Å². The summed E-state index contributed by atoms with van der Waals surface area (Å²) in [5.41, 5.74) is 1.22. The molecule has 0 spiro atoms. The lowest BCUT2D eigenvalue weighted by Crippen LogP contribution is -2.43. The Hall–Kier alpha value is -0.780. The standard InChI is InChI=1S/C23H42N4O5S/c1-19(2)31-18-23-8-5-9-26(23)15-20(13-23)24-32-12-6-11-30-17-22-7-4-10-27(22)16-21(14-22)25-33(3,28)29/h19,21,25H,4-18H2,1-3H3/b24-20-. The van der Waals surface area contributed by atoms with Crippen LogP contribution in [0.25, 0.3) is 0 Å². The van der Waals surface area contributed by atoms with Crippen LogP contribution in [0.3, 0.4) is 0 Å². The highest BCUT2D eigenvalue weighted by atomic mass is 32.2. The van der Waals surface area contributed by atoms with Crippen molar-refractivity contribution in [2.24, 2.45) is 5.16 Å². The zero-order valence-electron chi connectivity index (χ0n) is 20.6. The molecule has 0 saturated carbocycles. The van der Waals surface area contributed by atoms with E-state index in [-0.39, 0.29) is 23.2 Å². The molecule has 0 aromatic heterocycles. The predicted molar refractivity (Wildman–Crippen MR) is 128 cm³/mol. The van der Waals surface area contributed by atoms with Crippen molar-refractivity contribution in [2.45, 2.75) is 82.0 Å². The van der Waals surface area contributed by atoms with Gasteiger partial charge in [0.15, 0.2) is 0 Å². The molecule has 4 aliphatic heterocycles. The van der Waals surface area contributed by atoms with Crippen molar-refractivity contribution in [3.8, 4) is 0 Å². The van der Waals surface area contributed by atoms with Crippen molar-refractivity contribution in [3.63, 3.8) is 0 Å². The number of hydrogen-bond donors (Lipinski definition) is 1. The van der Waals surface area contributed by atoms with E-state index in [2.05, 4.69) is 33.5 Å². The largest absolute Gasteiger partial charge is 0.396 e. The Bertz CT molecular complexity index is 807. The van der Waals surface area contributed by atoms with Crippen LogP contribution in [0.5, 0.6) is 0 Å². The number of nitrogens with zero attached hydrogens (tertiary/aromatic N) is 3. The van der Waals surface area contributed by atoms with E-state index in [0.29, 0.717) is 19.8 Å². The number of ether oxygens (including phenoxy) is 2. The predicted octanol–water partition coefficient (Wildman–Crippen LogP) is 1.59. The first kappa shape index (κ1) is 25.3. The molecule has 4 aliphatic rings. The fourth-order valence-corrected chi connectivity index (χ4v) is 6.99. The molecule has 4 saturated heterocycles. The van der Waals surface area contributed by atoms with E-state index >= 15 is 0 Å². The molecule has 0 aliphatic carbocycles. The van der Waals surface area contributed by atoms with E-state index in [1.807, 2.05) is 0 Å². The minimum Gasteiger partial charge on any atom is -0.396 e. The topological polar surface area (TPSA) is 92.7 Å². The van der Waals surface area contributed by atoms with Crippen LogP contribution in [0.1, 0.15) is 58.8 Å². The average Bonchev–Trinajstić information content (AvgIpc) is 3.43. The summed E-state index contributed by atoms with van der Waals surface area (Å²) in [5, 5.41) is 4.44. The zero-order chi connectivity index (χ0) is 23.5. The number of hydrogen-bond acceptors (Lipinski definition) is 8. The van der Waals surface area contributed by atoms with Gasteiger partial charge in [-0.25, -0.2) is 13.1 Å². The first-order chi connectivity index (χ1) is 15.7. The molecule has 190 valence electrons. The molecule has 4 heterocycles. The van der Waals surface area contributed by atoms with Gasteiger partial charge in [0.25, 0.3) is 0 Å². The smallest absolute Gasteiger partial charge is 0.208 e. The highest BCUT2D eigenvalue weighted by molar-refractivity contribution is 7.88. The lowest BCUT2D eigenvalue weighted by molar-refractivity contribution is 0.00337.